The number of rotatable bonds is 8. The first-order valence-corrected chi connectivity index (χ1v) is 14.8. The fourth-order valence-electron chi connectivity index (χ4n) is 5.58. The first-order chi connectivity index (χ1) is 20.3. The molecule has 7 nitrogen and oxygen atoms in total. The zero-order valence-corrected chi connectivity index (χ0v) is 24.8. The second-order valence-electron chi connectivity index (χ2n) is 10.8. The van der Waals surface area contributed by atoms with Crippen LogP contribution in [0.25, 0.3) is 43.9 Å². The van der Waals surface area contributed by atoms with Crippen molar-refractivity contribution < 1.29 is 18.3 Å². The van der Waals surface area contributed by atoms with Gasteiger partial charge in [0.15, 0.2) is 0 Å². The monoisotopic (exact) mass is 589 g/mol. The highest BCUT2D eigenvalue weighted by atomic mass is 32.1. The molecule has 3 N–H and O–H groups in total. The summed E-state index contributed by atoms with van der Waals surface area (Å²) in [5, 5.41) is 10.4. The molecule has 2 atom stereocenters. The SMILES string of the molecule is COCCOc1cc(F)cc(F)c1-c1c(-c2cc([C@@H](C)N)[nH]n2)nc(-c2ccc3c(c2)C(C)N(C)CC3)c2ccsc12. The van der Waals surface area contributed by atoms with Gasteiger partial charge in [0.05, 0.1) is 23.6 Å². The van der Waals surface area contributed by atoms with Crippen molar-refractivity contribution in [1.29, 1.82) is 0 Å². The summed E-state index contributed by atoms with van der Waals surface area (Å²) in [5.74, 6) is -1.41. The molecule has 218 valence electrons. The van der Waals surface area contributed by atoms with Gasteiger partial charge in [-0.05, 0) is 62.0 Å². The molecule has 6 rings (SSSR count). The predicted molar refractivity (Wildman–Crippen MR) is 163 cm³/mol. The van der Waals surface area contributed by atoms with Gasteiger partial charge in [-0.1, -0.05) is 12.1 Å². The number of fused-ring (bicyclic) bond motifs is 2. The number of methoxy groups -OCH3 is 1. The van der Waals surface area contributed by atoms with Gasteiger partial charge in [0.1, 0.15) is 35.4 Å². The number of benzene rings is 2. The number of H-pyrrole nitrogens is 1. The number of halogens is 2. The molecule has 0 saturated heterocycles. The van der Waals surface area contributed by atoms with Crippen LogP contribution in [0.3, 0.4) is 0 Å². The topological polar surface area (TPSA) is 89.3 Å². The van der Waals surface area contributed by atoms with Crippen molar-refractivity contribution in [1.82, 2.24) is 20.1 Å². The lowest BCUT2D eigenvalue weighted by Crippen LogP contribution is -2.30. The molecule has 0 fully saturated rings. The number of nitrogens with zero attached hydrogens (tertiary/aromatic N) is 3. The van der Waals surface area contributed by atoms with Gasteiger partial charge < -0.3 is 15.2 Å². The van der Waals surface area contributed by atoms with E-state index in [1.165, 1.54) is 28.5 Å². The van der Waals surface area contributed by atoms with E-state index in [9.17, 15) is 4.39 Å². The van der Waals surface area contributed by atoms with Crippen LogP contribution in [-0.4, -0.2) is 54.0 Å². The maximum atomic E-state index is 15.8. The highest BCUT2D eigenvalue weighted by Gasteiger charge is 2.28. The maximum absolute atomic E-state index is 15.8. The molecule has 1 aliphatic rings. The number of aromatic amines is 1. The third-order valence-electron chi connectivity index (χ3n) is 8.02. The average molecular weight is 590 g/mol. The molecule has 4 heterocycles. The molecule has 0 spiro atoms. The van der Waals surface area contributed by atoms with Crippen LogP contribution in [0.5, 0.6) is 5.75 Å². The Balaban J connectivity index is 1.63. The Kier molecular flexibility index (Phi) is 7.80. The molecule has 0 radical (unpaired) electrons. The maximum Gasteiger partial charge on any atom is 0.137 e. The third-order valence-corrected chi connectivity index (χ3v) is 8.95. The quantitative estimate of drug-likeness (QED) is 0.192. The van der Waals surface area contributed by atoms with Crippen molar-refractivity contribution in [2.45, 2.75) is 32.4 Å². The van der Waals surface area contributed by atoms with E-state index in [0.717, 1.165) is 40.4 Å². The number of hydrogen-bond acceptors (Lipinski definition) is 7. The van der Waals surface area contributed by atoms with Crippen molar-refractivity contribution in [3.63, 3.8) is 0 Å². The second kappa shape index (κ2) is 11.5. The summed E-state index contributed by atoms with van der Waals surface area (Å²) in [5.41, 5.74) is 12.8. The molecule has 2 aromatic carbocycles. The molecule has 1 aliphatic heterocycles. The van der Waals surface area contributed by atoms with Gasteiger partial charge in [0.2, 0.25) is 0 Å². The Labute approximate surface area is 247 Å². The predicted octanol–water partition coefficient (Wildman–Crippen LogP) is 6.89. The van der Waals surface area contributed by atoms with E-state index in [0.29, 0.717) is 22.6 Å². The van der Waals surface area contributed by atoms with Crippen LogP contribution in [0, 0.1) is 11.6 Å². The van der Waals surface area contributed by atoms with Gasteiger partial charge in [-0.25, -0.2) is 13.8 Å². The Morgan fingerprint density at radius 1 is 1.12 bits per heavy atom. The number of nitrogens with one attached hydrogen (secondary N) is 1. The minimum absolute atomic E-state index is 0.0728. The second-order valence-corrected chi connectivity index (χ2v) is 11.7. The van der Waals surface area contributed by atoms with E-state index >= 15 is 4.39 Å². The molecule has 0 bridgehead atoms. The zero-order chi connectivity index (χ0) is 29.5. The van der Waals surface area contributed by atoms with Crippen molar-refractivity contribution in [3.8, 4) is 39.5 Å². The summed E-state index contributed by atoms with van der Waals surface area (Å²) in [6.45, 7) is 5.47. The number of ether oxygens (including phenoxy) is 2. The van der Waals surface area contributed by atoms with Gasteiger partial charge in [0.25, 0.3) is 0 Å². The van der Waals surface area contributed by atoms with Crippen LogP contribution in [0.15, 0.2) is 47.8 Å². The number of nitrogens with two attached hydrogens (primary N) is 1. The Hall–Kier alpha value is -3.70. The van der Waals surface area contributed by atoms with Crippen LogP contribution in [0.1, 0.15) is 42.8 Å². The summed E-state index contributed by atoms with van der Waals surface area (Å²) >= 11 is 1.47. The average Bonchev–Trinajstić information content (AvgIpc) is 3.65. The number of hydrogen-bond donors (Lipinski definition) is 2. The van der Waals surface area contributed by atoms with Crippen LogP contribution >= 0.6 is 11.3 Å². The summed E-state index contributed by atoms with van der Waals surface area (Å²) in [7, 11) is 3.68. The van der Waals surface area contributed by atoms with Crippen LogP contribution < -0.4 is 10.5 Å². The third kappa shape index (κ3) is 5.09. The van der Waals surface area contributed by atoms with E-state index in [1.807, 2.05) is 24.4 Å². The van der Waals surface area contributed by atoms with Gasteiger partial charge in [0, 0.05) is 59.1 Å². The van der Waals surface area contributed by atoms with Gasteiger partial charge in [-0.3, -0.25) is 10.00 Å². The lowest BCUT2D eigenvalue weighted by Gasteiger charge is -2.32. The zero-order valence-electron chi connectivity index (χ0n) is 24.0. The van der Waals surface area contributed by atoms with E-state index in [2.05, 4.69) is 47.3 Å². The van der Waals surface area contributed by atoms with Gasteiger partial charge in [-0.2, -0.15) is 5.10 Å². The van der Waals surface area contributed by atoms with Crippen molar-refractivity contribution in [2.24, 2.45) is 5.73 Å². The number of likely N-dealkylation sites (N-methyl/N-ethyl adjacent to an activating group) is 1. The first kappa shape index (κ1) is 28.4. The van der Waals surface area contributed by atoms with Crippen LogP contribution in [-0.2, 0) is 11.2 Å². The lowest BCUT2D eigenvalue weighted by atomic mass is 9.90. The van der Waals surface area contributed by atoms with E-state index in [4.69, 9.17) is 20.2 Å². The summed E-state index contributed by atoms with van der Waals surface area (Å²) in [4.78, 5) is 7.53. The number of thiophene rings is 1. The molecule has 5 aromatic rings. The summed E-state index contributed by atoms with van der Waals surface area (Å²) in [6, 6.07) is 12.4. The molecular formula is C32H33F2N5O2S. The van der Waals surface area contributed by atoms with E-state index in [1.54, 1.807) is 7.11 Å². The van der Waals surface area contributed by atoms with E-state index in [-0.39, 0.29) is 36.6 Å². The number of aromatic nitrogens is 3. The smallest absolute Gasteiger partial charge is 0.137 e. The number of pyridine rings is 1. The van der Waals surface area contributed by atoms with Crippen LogP contribution in [0.2, 0.25) is 0 Å². The molecule has 0 aliphatic carbocycles. The van der Waals surface area contributed by atoms with Crippen molar-refractivity contribution in [2.75, 3.05) is 33.9 Å². The molecule has 42 heavy (non-hydrogen) atoms. The minimum atomic E-state index is -0.749. The standard InChI is InChI=1S/C32H33F2N5O2S/c1-17(35)25-16-26(38-37-25)31-29(28-24(34)14-21(33)15-27(28)41-11-10-40-4)32-22(8-12-42-32)30(36-31)20-6-5-19-7-9-39(3)18(2)23(19)13-20/h5-6,8,12-18H,7,9-11,35H2,1-4H3,(H,37,38)/t17-,18?/m1/s1. The lowest BCUT2D eigenvalue weighted by molar-refractivity contribution is 0.146. The molecule has 1 unspecified atom stereocenters. The highest BCUT2D eigenvalue weighted by Crippen LogP contribution is 2.47. The molecule has 0 amide bonds. The fraction of sp³-hybridized carbons (Fsp3) is 0.312. The Morgan fingerprint density at radius 2 is 1.95 bits per heavy atom. The largest absolute Gasteiger partial charge is 0.490 e. The highest BCUT2D eigenvalue weighted by molar-refractivity contribution is 7.18. The molecule has 10 heteroatoms. The molecular weight excluding hydrogens is 556 g/mol. The summed E-state index contributed by atoms with van der Waals surface area (Å²) in [6.07, 6.45) is 0.991. The Morgan fingerprint density at radius 3 is 2.71 bits per heavy atom. The van der Waals surface area contributed by atoms with Gasteiger partial charge >= 0.3 is 0 Å². The fourth-order valence-corrected chi connectivity index (χ4v) is 6.53. The molecule has 0 saturated carbocycles. The van der Waals surface area contributed by atoms with Crippen molar-refractivity contribution in [3.05, 3.63) is 76.3 Å². The normalized spacial score (nSPS) is 16.1. The summed E-state index contributed by atoms with van der Waals surface area (Å²) < 4.78 is 42.1. The van der Waals surface area contributed by atoms with Crippen LogP contribution in [0.4, 0.5) is 8.78 Å². The minimum Gasteiger partial charge on any atom is -0.490 e. The van der Waals surface area contributed by atoms with Crippen molar-refractivity contribution >= 4 is 21.4 Å². The van der Waals surface area contributed by atoms with Gasteiger partial charge in [-0.15, -0.1) is 11.3 Å². The Bertz CT molecular complexity index is 1770. The van der Waals surface area contributed by atoms with E-state index < -0.39 is 11.6 Å². The first-order valence-electron chi connectivity index (χ1n) is 13.9. The molecule has 3 aromatic heterocycles.